The van der Waals surface area contributed by atoms with E-state index in [1.165, 1.54) is 0 Å². The summed E-state index contributed by atoms with van der Waals surface area (Å²) in [5.74, 6) is -0.0455. The highest BCUT2D eigenvalue weighted by Gasteiger charge is 2.44. The maximum Gasteiger partial charge on any atom is 0.264 e. The topological polar surface area (TPSA) is 72.8 Å². The lowest BCUT2D eigenvalue weighted by Gasteiger charge is -2.39. The van der Waals surface area contributed by atoms with E-state index in [9.17, 15) is 13.5 Å². The van der Waals surface area contributed by atoms with Gasteiger partial charge in [0.1, 0.15) is 0 Å². The Balaban J connectivity index is 2.75. The Morgan fingerprint density at radius 3 is 2.20 bits per heavy atom. The van der Waals surface area contributed by atoms with Crippen LogP contribution in [-0.4, -0.2) is 46.9 Å². The molecule has 0 aromatic heterocycles. The van der Waals surface area contributed by atoms with Crippen molar-refractivity contribution < 1.29 is 22.1 Å². The minimum Gasteiger partial charge on any atom is -0.413 e. The molecule has 20 heavy (non-hydrogen) atoms. The summed E-state index contributed by atoms with van der Waals surface area (Å²) < 4.78 is 33.8. The molecule has 1 N–H and O–H groups in total. The van der Waals surface area contributed by atoms with E-state index in [0.717, 1.165) is 6.26 Å². The average Bonchev–Trinajstić information content (AvgIpc) is 2.54. The van der Waals surface area contributed by atoms with Crippen molar-refractivity contribution in [3.8, 4) is 0 Å². The molecule has 0 radical (unpaired) electrons. The zero-order valence-electron chi connectivity index (χ0n) is 13.3. The molecule has 1 saturated carbocycles. The Labute approximate surface area is 123 Å². The Morgan fingerprint density at radius 1 is 1.25 bits per heavy atom. The van der Waals surface area contributed by atoms with Crippen molar-refractivity contribution in [3.05, 3.63) is 0 Å². The van der Waals surface area contributed by atoms with Gasteiger partial charge in [0, 0.05) is 18.9 Å². The highest BCUT2D eigenvalue weighted by molar-refractivity contribution is 7.86. The van der Waals surface area contributed by atoms with Crippen LogP contribution in [0.15, 0.2) is 0 Å². The summed E-state index contributed by atoms with van der Waals surface area (Å²) in [7, 11) is -5.39. The molecule has 120 valence electrons. The fraction of sp³-hybridized carbons (Fsp3) is 1.00. The van der Waals surface area contributed by atoms with Crippen LogP contribution < -0.4 is 0 Å². The van der Waals surface area contributed by atoms with Gasteiger partial charge in [0.2, 0.25) is 0 Å². The lowest BCUT2D eigenvalue weighted by molar-refractivity contribution is 0.0973. The van der Waals surface area contributed by atoms with Gasteiger partial charge in [-0.2, -0.15) is 8.42 Å². The standard InChI is InChI=1S/C13H28O5SSi/c1-13(2,3)20(5,6)18-12-8-11(7-10(12)9-14)17-19(4,15)16/h10-12,14H,7-9H2,1-6H3/t10-,11-,12-/m0/s1. The van der Waals surface area contributed by atoms with Crippen LogP contribution in [0, 0.1) is 5.92 Å². The van der Waals surface area contributed by atoms with E-state index in [-0.39, 0.29) is 29.8 Å². The number of rotatable bonds is 5. The molecule has 5 nitrogen and oxygen atoms in total. The van der Waals surface area contributed by atoms with E-state index in [1.54, 1.807) is 0 Å². The third-order valence-corrected chi connectivity index (χ3v) is 9.51. The molecular formula is C13H28O5SSi. The normalized spacial score (nSPS) is 28.9. The SMILES string of the molecule is CC(C)(C)[Si](C)(C)O[C@H]1C[C@@H](OS(C)(=O)=O)C[C@H]1CO. The van der Waals surface area contributed by atoms with E-state index in [0.29, 0.717) is 12.8 Å². The van der Waals surface area contributed by atoms with Crippen molar-refractivity contribution in [1.82, 2.24) is 0 Å². The summed E-state index contributed by atoms with van der Waals surface area (Å²) >= 11 is 0. The van der Waals surface area contributed by atoms with E-state index in [2.05, 4.69) is 33.9 Å². The molecule has 3 atom stereocenters. The zero-order chi connectivity index (χ0) is 15.8. The molecular weight excluding hydrogens is 296 g/mol. The average molecular weight is 325 g/mol. The van der Waals surface area contributed by atoms with Crippen molar-refractivity contribution in [3.63, 3.8) is 0 Å². The Kier molecular flexibility index (Phi) is 5.47. The predicted molar refractivity (Wildman–Crippen MR) is 81.6 cm³/mol. The summed E-state index contributed by atoms with van der Waals surface area (Å²) in [6.07, 6.45) is 1.63. The lowest BCUT2D eigenvalue weighted by Crippen LogP contribution is -2.45. The summed E-state index contributed by atoms with van der Waals surface area (Å²) in [5, 5.41) is 9.57. The van der Waals surface area contributed by atoms with E-state index in [1.807, 2.05) is 0 Å². The lowest BCUT2D eigenvalue weighted by atomic mass is 10.1. The van der Waals surface area contributed by atoms with Crippen LogP contribution >= 0.6 is 0 Å². The van der Waals surface area contributed by atoms with E-state index >= 15 is 0 Å². The largest absolute Gasteiger partial charge is 0.413 e. The zero-order valence-corrected chi connectivity index (χ0v) is 15.2. The van der Waals surface area contributed by atoms with Crippen molar-refractivity contribution in [2.75, 3.05) is 12.9 Å². The van der Waals surface area contributed by atoms with Gasteiger partial charge in [-0.1, -0.05) is 20.8 Å². The second-order valence-electron chi connectivity index (χ2n) is 7.25. The molecule has 0 saturated heterocycles. The third kappa shape index (κ3) is 4.80. The molecule has 0 aromatic rings. The van der Waals surface area contributed by atoms with Crippen molar-refractivity contribution in [1.29, 1.82) is 0 Å². The van der Waals surface area contributed by atoms with Crippen molar-refractivity contribution >= 4 is 18.4 Å². The molecule has 0 amide bonds. The van der Waals surface area contributed by atoms with Crippen LogP contribution in [0.1, 0.15) is 33.6 Å². The number of hydrogen-bond acceptors (Lipinski definition) is 5. The van der Waals surface area contributed by atoms with E-state index in [4.69, 9.17) is 8.61 Å². The highest BCUT2D eigenvalue weighted by Crippen LogP contribution is 2.41. The molecule has 0 unspecified atom stereocenters. The number of hydrogen-bond donors (Lipinski definition) is 1. The maximum atomic E-state index is 11.2. The van der Waals surface area contributed by atoms with Gasteiger partial charge in [-0.15, -0.1) is 0 Å². The first-order chi connectivity index (χ1) is 8.86. The first-order valence-electron chi connectivity index (χ1n) is 7.02. The summed E-state index contributed by atoms with van der Waals surface area (Å²) in [6.45, 7) is 10.8. The molecule has 1 aliphatic rings. The van der Waals surface area contributed by atoms with Gasteiger partial charge in [-0.05, 0) is 24.6 Å². The van der Waals surface area contributed by atoms with Gasteiger partial charge in [-0.25, -0.2) is 0 Å². The first-order valence-corrected chi connectivity index (χ1v) is 11.7. The van der Waals surface area contributed by atoms with Gasteiger partial charge in [0.05, 0.1) is 18.5 Å². The van der Waals surface area contributed by atoms with Gasteiger partial charge < -0.3 is 9.53 Å². The van der Waals surface area contributed by atoms with Crippen LogP contribution in [0.5, 0.6) is 0 Å². The van der Waals surface area contributed by atoms with Crippen LogP contribution in [0.2, 0.25) is 18.1 Å². The van der Waals surface area contributed by atoms with Gasteiger partial charge in [0.25, 0.3) is 10.1 Å². The number of aliphatic hydroxyl groups is 1. The van der Waals surface area contributed by atoms with Crippen LogP contribution in [0.25, 0.3) is 0 Å². The van der Waals surface area contributed by atoms with Crippen LogP contribution in [0.4, 0.5) is 0 Å². The molecule has 0 heterocycles. The minimum absolute atomic E-state index is 0.00289. The molecule has 1 aliphatic carbocycles. The minimum atomic E-state index is -3.46. The monoisotopic (exact) mass is 324 g/mol. The summed E-state index contributed by atoms with van der Waals surface area (Å²) in [5.41, 5.74) is 0. The fourth-order valence-corrected chi connectivity index (χ4v) is 4.31. The third-order valence-electron chi connectivity index (χ3n) is 4.38. The summed E-state index contributed by atoms with van der Waals surface area (Å²) in [4.78, 5) is 0. The van der Waals surface area contributed by atoms with Crippen LogP contribution in [0.3, 0.4) is 0 Å². The quantitative estimate of drug-likeness (QED) is 0.619. The highest BCUT2D eigenvalue weighted by atomic mass is 32.2. The maximum absolute atomic E-state index is 11.2. The smallest absolute Gasteiger partial charge is 0.264 e. The van der Waals surface area contributed by atoms with Crippen molar-refractivity contribution in [2.45, 2.75) is 64.0 Å². The summed E-state index contributed by atoms with van der Waals surface area (Å²) in [6, 6.07) is 0. The van der Waals surface area contributed by atoms with Gasteiger partial charge in [-0.3, -0.25) is 4.18 Å². The Morgan fingerprint density at radius 2 is 1.80 bits per heavy atom. The van der Waals surface area contributed by atoms with Crippen molar-refractivity contribution in [2.24, 2.45) is 5.92 Å². The second-order valence-corrected chi connectivity index (χ2v) is 13.6. The van der Waals surface area contributed by atoms with Gasteiger partial charge >= 0.3 is 0 Å². The van der Waals surface area contributed by atoms with E-state index < -0.39 is 18.4 Å². The van der Waals surface area contributed by atoms with Crippen LogP contribution in [-0.2, 0) is 18.7 Å². The fourth-order valence-electron chi connectivity index (χ4n) is 2.25. The second kappa shape index (κ2) is 6.04. The molecule has 0 spiro atoms. The first kappa shape index (κ1) is 18.1. The molecule has 7 heteroatoms. The molecule has 0 bridgehead atoms. The van der Waals surface area contributed by atoms with Gasteiger partial charge in [0.15, 0.2) is 8.32 Å². The molecule has 0 aliphatic heterocycles. The molecule has 1 rings (SSSR count). The number of aliphatic hydroxyl groups excluding tert-OH is 1. The Bertz CT molecular complexity index is 427. The predicted octanol–water partition coefficient (Wildman–Crippen LogP) is 2.12. The molecule has 1 fully saturated rings. The Hall–Kier alpha value is 0.0469. The molecule has 0 aromatic carbocycles.